The van der Waals surface area contributed by atoms with Crippen molar-refractivity contribution in [3.63, 3.8) is 0 Å². The van der Waals surface area contributed by atoms with E-state index in [2.05, 4.69) is 10.3 Å². The highest BCUT2D eigenvalue weighted by molar-refractivity contribution is 8.00. The summed E-state index contributed by atoms with van der Waals surface area (Å²) in [5, 5.41) is 1.93. The first kappa shape index (κ1) is 20.8. The molecule has 6 nitrogen and oxygen atoms in total. The van der Waals surface area contributed by atoms with Gasteiger partial charge in [0.15, 0.2) is 0 Å². The summed E-state index contributed by atoms with van der Waals surface area (Å²) in [5.74, 6) is -2.45. The molecule has 3 aromatic rings. The Balaban J connectivity index is 1.54. The molecule has 3 atom stereocenters. The van der Waals surface area contributed by atoms with Crippen LogP contribution >= 0.6 is 23.1 Å². The molecule has 0 bridgehead atoms. The first-order valence-electron chi connectivity index (χ1n) is 9.41. The topological polar surface area (TPSA) is 88.3 Å². The van der Waals surface area contributed by atoms with Crippen molar-refractivity contribution < 1.29 is 27.5 Å². The first-order valence-corrected chi connectivity index (χ1v) is 11.1. The van der Waals surface area contributed by atoms with Crippen molar-refractivity contribution in [1.82, 2.24) is 4.98 Å². The highest BCUT2D eigenvalue weighted by atomic mass is 32.2. The number of para-hydroxylation sites is 1. The third kappa shape index (κ3) is 3.51. The zero-order valence-electron chi connectivity index (χ0n) is 15.9. The Morgan fingerprint density at radius 2 is 1.88 bits per heavy atom. The zero-order valence-corrected chi connectivity index (χ0v) is 17.6. The molecule has 2 N–H and O–H groups in total. The molecule has 2 aliphatic heterocycles. The highest BCUT2D eigenvalue weighted by Crippen LogP contribution is 2.53. The van der Waals surface area contributed by atoms with Crippen molar-refractivity contribution in [2.24, 2.45) is 5.92 Å². The largest absolute Gasteiger partial charge is 0.426 e. The number of carbonyl (C=O) groups excluding carboxylic acids is 2. The van der Waals surface area contributed by atoms with Crippen LogP contribution in [0.4, 0.5) is 18.9 Å². The SMILES string of the molecule is O=C1Oc2ccccc2[C@@H]2c3sc(=O)[nH]c3S[C@@H](C(=O)Nc3cccc(C(F)(F)F)c3)[C@H]12. The Morgan fingerprint density at radius 3 is 2.66 bits per heavy atom. The van der Waals surface area contributed by atoms with Crippen LogP contribution in [0.2, 0.25) is 0 Å². The van der Waals surface area contributed by atoms with E-state index in [1.807, 2.05) is 0 Å². The van der Waals surface area contributed by atoms with Crippen LogP contribution in [0.3, 0.4) is 0 Å². The van der Waals surface area contributed by atoms with E-state index in [0.29, 0.717) is 21.2 Å². The van der Waals surface area contributed by atoms with Gasteiger partial charge in [0.25, 0.3) is 0 Å². The lowest BCUT2D eigenvalue weighted by Gasteiger charge is -2.38. The maximum atomic E-state index is 13.1. The van der Waals surface area contributed by atoms with Gasteiger partial charge in [0.2, 0.25) is 5.91 Å². The van der Waals surface area contributed by atoms with E-state index in [-0.39, 0.29) is 10.6 Å². The fraction of sp³-hybridized carbons (Fsp3) is 0.190. The van der Waals surface area contributed by atoms with Gasteiger partial charge in [-0.2, -0.15) is 13.2 Å². The van der Waals surface area contributed by atoms with Gasteiger partial charge in [-0.1, -0.05) is 47.4 Å². The number of fused-ring (bicyclic) bond motifs is 5. The van der Waals surface area contributed by atoms with Crippen LogP contribution < -0.4 is 14.9 Å². The van der Waals surface area contributed by atoms with E-state index in [0.717, 1.165) is 35.2 Å². The van der Waals surface area contributed by atoms with Crippen molar-refractivity contribution in [3.8, 4) is 5.75 Å². The molecule has 0 radical (unpaired) electrons. The van der Waals surface area contributed by atoms with Crippen LogP contribution in [0.25, 0.3) is 0 Å². The smallest absolute Gasteiger partial charge is 0.416 e. The fourth-order valence-corrected chi connectivity index (χ4v) is 6.42. The number of halogens is 3. The molecule has 0 saturated heterocycles. The number of thioether (sulfide) groups is 1. The minimum Gasteiger partial charge on any atom is -0.426 e. The predicted molar refractivity (Wildman–Crippen MR) is 112 cm³/mol. The summed E-state index contributed by atoms with van der Waals surface area (Å²) >= 11 is 1.97. The van der Waals surface area contributed by atoms with E-state index in [9.17, 15) is 27.6 Å². The van der Waals surface area contributed by atoms with Crippen molar-refractivity contribution in [2.45, 2.75) is 22.4 Å². The molecule has 3 heterocycles. The van der Waals surface area contributed by atoms with E-state index < -0.39 is 40.7 Å². The lowest BCUT2D eigenvalue weighted by atomic mass is 9.80. The third-order valence-corrected chi connectivity index (χ3v) is 7.72. The number of nitrogens with one attached hydrogen (secondary N) is 2. The van der Waals surface area contributed by atoms with Crippen LogP contribution in [0.15, 0.2) is 58.4 Å². The molecule has 2 aromatic carbocycles. The molecule has 1 aromatic heterocycles. The van der Waals surface area contributed by atoms with Crippen LogP contribution in [0.1, 0.15) is 21.9 Å². The van der Waals surface area contributed by atoms with Gasteiger partial charge in [-0.05, 0) is 24.3 Å². The van der Waals surface area contributed by atoms with E-state index in [1.165, 1.54) is 12.1 Å². The first-order chi connectivity index (χ1) is 15.2. The Bertz CT molecular complexity index is 1300. The summed E-state index contributed by atoms with van der Waals surface area (Å²) in [6.45, 7) is 0. The number of benzene rings is 2. The number of H-pyrrole nitrogens is 1. The summed E-state index contributed by atoms with van der Waals surface area (Å²) in [5.41, 5.74) is -0.276. The molecule has 0 unspecified atom stereocenters. The number of amides is 1. The molecule has 32 heavy (non-hydrogen) atoms. The second-order valence-corrected chi connectivity index (χ2v) is 9.44. The number of aromatic nitrogens is 1. The summed E-state index contributed by atoms with van der Waals surface area (Å²) in [6, 6.07) is 11.1. The Labute approximate surface area is 186 Å². The van der Waals surface area contributed by atoms with E-state index in [4.69, 9.17) is 4.74 Å². The summed E-state index contributed by atoms with van der Waals surface area (Å²) in [4.78, 5) is 41.1. The molecule has 0 aliphatic carbocycles. The molecule has 1 amide bonds. The van der Waals surface area contributed by atoms with Crippen LogP contribution in [-0.2, 0) is 15.8 Å². The monoisotopic (exact) mass is 478 g/mol. The molecular formula is C21H13F3N2O4S2. The van der Waals surface area contributed by atoms with E-state index >= 15 is 0 Å². The molecule has 11 heteroatoms. The van der Waals surface area contributed by atoms with Crippen molar-refractivity contribution in [1.29, 1.82) is 0 Å². The van der Waals surface area contributed by atoms with Crippen LogP contribution in [0.5, 0.6) is 5.75 Å². The quantitative estimate of drug-likeness (QED) is 0.425. The Hall–Kier alpha value is -3.05. The lowest BCUT2D eigenvalue weighted by Crippen LogP contribution is -2.46. The lowest BCUT2D eigenvalue weighted by molar-refractivity contribution is -0.142. The number of ether oxygens (including phenoxy) is 1. The standard InChI is InChI=1S/C21H13F3N2O4S2/c22-21(23,24)9-4-3-5-10(8-9)25-17(27)15-14-13(16-18(31-15)26-20(29)32-16)11-6-1-2-7-12(11)30-19(14)28/h1-8,13-15H,(H,25,27)(H,26,29)/t13-,14+,15+/m0/s1. The molecule has 164 valence electrons. The number of esters is 1. The minimum absolute atomic E-state index is 0.0452. The normalized spacial score (nSPS) is 21.7. The number of anilines is 1. The number of hydrogen-bond acceptors (Lipinski definition) is 6. The van der Waals surface area contributed by atoms with Crippen molar-refractivity contribution in [3.05, 3.63) is 74.2 Å². The van der Waals surface area contributed by atoms with Crippen molar-refractivity contribution in [2.75, 3.05) is 5.32 Å². The number of thiazole rings is 1. The minimum atomic E-state index is -4.56. The second-order valence-electron chi connectivity index (χ2n) is 7.28. The molecule has 5 rings (SSSR count). The highest BCUT2D eigenvalue weighted by Gasteiger charge is 2.51. The van der Waals surface area contributed by atoms with Gasteiger partial charge in [-0.25, -0.2) is 0 Å². The zero-order chi connectivity index (χ0) is 22.6. The van der Waals surface area contributed by atoms with Gasteiger partial charge >= 0.3 is 17.0 Å². The average Bonchev–Trinajstić information content (AvgIpc) is 3.12. The van der Waals surface area contributed by atoms with Crippen LogP contribution in [0, 0.1) is 5.92 Å². The maximum Gasteiger partial charge on any atom is 0.416 e. The number of rotatable bonds is 2. The van der Waals surface area contributed by atoms with Gasteiger partial charge < -0.3 is 15.0 Å². The van der Waals surface area contributed by atoms with Gasteiger partial charge in [0.05, 0.1) is 16.5 Å². The van der Waals surface area contributed by atoms with Gasteiger partial charge in [0.1, 0.15) is 11.0 Å². The number of carbonyl (C=O) groups is 2. The maximum absolute atomic E-state index is 13.1. The summed E-state index contributed by atoms with van der Waals surface area (Å²) in [6.07, 6.45) is -4.56. The predicted octanol–water partition coefficient (Wildman–Crippen LogP) is 4.24. The molecule has 2 aliphatic rings. The number of alkyl halides is 3. The van der Waals surface area contributed by atoms with Gasteiger partial charge in [-0.3, -0.25) is 14.4 Å². The fourth-order valence-electron chi connectivity index (χ4n) is 3.96. The Kier molecular flexibility index (Phi) is 4.90. The third-order valence-electron chi connectivity index (χ3n) is 5.31. The number of hydrogen-bond donors (Lipinski definition) is 2. The van der Waals surface area contributed by atoms with Crippen LogP contribution in [-0.4, -0.2) is 22.1 Å². The molecule has 0 spiro atoms. The van der Waals surface area contributed by atoms with Gasteiger partial charge in [0, 0.05) is 22.0 Å². The summed E-state index contributed by atoms with van der Waals surface area (Å²) < 4.78 is 44.5. The van der Waals surface area contributed by atoms with Gasteiger partial charge in [-0.15, -0.1) is 0 Å². The Morgan fingerprint density at radius 1 is 1.09 bits per heavy atom. The molecule has 0 fully saturated rings. The average molecular weight is 478 g/mol. The number of aromatic amines is 1. The molecular weight excluding hydrogens is 465 g/mol. The summed E-state index contributed by atoms with van der Waals surface area (Å²) in [7, 11) is 0. The van der Waals surface area contributed by atoms with E-state index in [1.54, 1.807) is 24.3 Å². The second kappa shape index (κ2) is 7.52. The molecule has 0 saturated carbocycles. The van der Waals surface area contributed by atoms with Crippen molar-refractivity contribution >= 4 is 40.7 Å².